The Labute approximate surface area is 147 Å². The summed E-state index contributed by atoms with van der Waals surface area (Å²) in [5, 5.41) is 2.71. The molecule has 0 unspecified atom stereocenters. The monoisotopic (exact) mass is 324 g/mol. The zero-order chi connectivity index (χ0) is 17.1. The molecule has 1 heteroatoms. The Bertz CT molecular complexity index is 1120. The van der Waals surface area contributed by atoms with Gasteiger partial charge in [-0.1, -0.05) is 42.5 Å². The average Bonchev–Trinajstić information content (AvgIpc) is 3.14. The average molecular weight is 324 g/mol. The number of furan rings is 1. The highest BCUT2D eigenvalue weighted by atomic mass is 16.3. The van der Waals surface area contributed by atoms with E-state index >= 15 is 0 Å². The van der Waals surface area contributed by atoms with Gasteiger partial charge < -0.3 is 4.42 Å². The summed E-state index contributed by atoms with van der Waals surface area (Å²) in [7, 11) is 0. The molecule has 0 saturated carbocycles. The van der Waals surface area contributed by atoms with Gasteiger partial charge in [0.05, 0.1) is 0 Å². The van der Waals surface area contributed by atoms with Crippen molar-refractivity contribution in [3.05, 3.63) is 82.6 Å². The lowest BCUT2D eigenvalue weighted by Gasteiger charge is -2.10. The third kappa shape index (κ3) is 2.09. The van der Waals surface area contributed by atoms with E-state index in [1.54, 1.807) is 0 Å². The first kappa shape index (κ1) is 14.5. The van der Waals surface area contributed by atoms with E-state index in [1.165, 1.54) is 44.2 Å². The number of aryl methyl sites for hydroxylation is 3. The lowest BCUT2D eigenvalue weighted by Crippen LogP contribution is -1.86. The largest absolute Gasteiger partial charge is 0.461 e. The van der Waals surface area contributed by atoms with E-state index in [0.29, 0.717) is 0 Å². The molecule has 1 nitrogen and oxygen atoms in total. The highest BCUT2D eigenvalue weighted by Crippen LogP contribution is 2.44. The molecule has 0 N–H and O–H groups in total. The summed E-state index contributed by atoms with van der Waals surface area (Å²) in [5.41, 5.74) is 9.34. The van der Waals surface area contributed by atoms with Crippen LogP contribution in [0.5, 0.6) is 0 Å². The Kier molecular flexibility index (Phi) is 2.96. The van der Waals surface area contributed by atoms with E-state index in [0.717, 1.165) is 23.5 Å². The van der Waals surface area contributed by atoms with Gasteiger partial charge in [0.25, 0.3) is 0 Å². The predicted molar refractivity (Wildman–Crippen MR) is 104 cm³/mol. The van der Waals surface area contributed by atoms with Gasteiger partial charge in [-0.2, -0.15) is 0 Å². The summed E-state index contributed by atoms with van der Waals surface area (Å²) >= 11 is 0. The molecule has 122 valence electrons. The van der Waals surface area contributed by atoms with Crippen LogP contribution in [-0.4, -0.2) is 0 Å². The third-order valence-corrected chi connectivity index (χ3v) is 5.54. The molecule has 25 heavy (non-hydrogen) atoms. The smallest absolute Gasteiger partial charge is 0.134 e. The number of hydrogen-bond acceptors (Lipinski definition) is 1. The maximum absolute atomic E-state index is 5.95. The van der Waals surface area contributed by atoms with Crippen LogP contribution >= 0.6 is 0 Å². The van der Waals surface area contributed by atoms with Crippen LogP contribution in [0.15, 0.2) is 59.0 Å². The maximum atomic E-state index is 5.95. The lowest BCUT2D eigenvalue weighted by molar-refractivity contribution is 0.545. The molecule has 0 saturated heterocycles. The molecule has 0 spiro atoms. The Morgan fingerprint density at radius 3 is 2.32 bits per heavy atom. The second-order valence-electron chi connectivity index (χ2n) is 7.17. The van der Waals surface area contributed by atoms with Crippen LogP contribution in [0.1, 0.15) is 28.0 Å². The topological polar surface area (TPSA) is 13.1 Å². The summed E-state index contributed by atoms with van der Waals surface area (Å²) in [6.07, 6.45) is 1.02. The van der Waals surface area contributed by atoms with E-state index in [2.05, 4.69) is 68.4 Å². The van der Waals surface area contributed by atoms with Crippen molar-refractivity contribution in [3.63, 3.8) is 0 Å². The molecule has 0 radical (unpaired) electrons. The van der Waals surface area contributed by atoms with E-state index in [1.807, 2.05) is 6.92 Å². The van der Waals surface area contributed by atoms with Gasteiger partial charge in [-0.25, -0.2) is 0 Å². The van der Waals surface area contributed by atoms with E-state index in [-0.39, 0.29) is 0 Å². The van der Waals surface area contributed by atoms with E-state index < -0.39 is 0 Å². The number of hydrogen-bond donors (Lipinski definition) is 0. The third-order valence-electron chi connectivity index (χ3n) is 5.54. The molecule has 1 aliphatic rings. The Morgan fingerprint density at radius 2 is 1.56 bits per heavy atom. The van der Waals surface area contributed by atoms with Gasteiger partial charge in [0.2, 0.25) is 0 Å². The molecule has 0 aliphatic heterocycles. The number of rotatable bonds is 1. The van der Waals surface area contributed by atoms with Crippen LogP contribution in [0.3, 0.4) is 0 Å². The minimum absolute atomic E-state index is 0.961. The zero-order valence-corrected chi connectivity index (χ0v) is 14.8. The first-order valence-electron chi connectivity index (χ1n) is 8.84. The molecule has 1 aromatic heterocycles. The molecule has 5 rings (SSSR count). The van der Waals surface area contributed by atoms with E-state index in [9.17, 15) is 0 Å². The predicted octanol–water partition coefficient (Wildman–Crippen LogP) is 6.60. The second kappa shape index (κ2) is 5.10. The quantitative estimate of drug-likeness (QED) is 0.339. The van der Waals surface area contributed by atoms with Crippen LogP contribution in [0.25, 0.3) is 33.2 Å². The van der Waals surface area contributed by atoms with Crippen molar-refractivity contribution in [2.45, 2.75) is 27.2 Å². The van der Waals surface area contributed by atoms with Crippen molar-refractivity contribution in [2.24, 2.45) is 0 Å². The highest BCUT2D eigenvalue weighted by Gasteiger charge is 2.22. The summed E-state index contributed by atoms with van der Waals surface area (Å²) in [6.45, 7) is 6.34. The summed E-state index contributed by atoms with van der Waals surface area (Å²) in [4.78, 5) is 0. The molecule has 0 amide bonds. The highest BCUT2D eigenvalue weighted by molar-refractivity contribution is 6.03. The van der Waals surface area contributed by atoms with Crippen molar-refractivity contribution < 1.29 is 4.42 Å². The molecular weight excluding hydrogens is 304 g/mol. The van der Waals surface area contributed by atoms with Crippen LogP contribution in [0.4, 0.5) is 0 Å². The van der Waals surface area contributed by atoms with Gasteiger partial charge in [0, 0.05) is 5.56 Å². The number of fused-ring (bicyclic) bond motifs is 5. The van der Waals surface area contributed by atoms with Crippen molar-refractivity contribution in [1.82, 2.24) is 0 Å². The van der Waals surface area contributed by atoms with Gasteiger partial charge >= 0.3 is 0 Å². The molecule has 0 fully saturated rings. The Morgan fingerprint density at radius 1 is 0.760 bits per heavy atom. The maximum Gasteiger partial charge on any atom is 0.134 e. The fourth-order valence-corrected chi connectivity index (χ4v) is 4.12. The summed E-state index contributed by atoms with van der Waals surface area (Å²) in [5.74, 6) is 1.96. The fourth-order valence-electron chi connectivity index (χ4n) is 4.12. The van der Waals surface area contributed by atoms with Gasteiger partial charge in [0.15, 0.2) is 0 Å². The summed E-state index contributed by atoms with van der Waals surface area (Å²) in [6, 6.07) is 20.0. The molecule has 1 aliphatic carbocycles. The lowest BCUT2D eigenvalue weighted by atomic mass is 9.94. The normalized spacial score (nSPS) is 12.4. The van der Waals surface area contributed by atoms with E-state index in [4.69, 9.17) is 4.42 Å². The van der Waals surface area contributed by atoms with Crippen molar-refractivity contribution in [1.29, 1.82) is 0 Å². The van der Waals surface area contributed by atoms with Gasteiger partial charge in [-0.3, -0.25) is 0 Å². The minimum Gasteiger partial charge on any atom is -0.461 e. The van der Waals surface area contributed by atoms with Crippen LogP contribution in [0.2, 0.25) is 0 Å². The SMILES string of the molecule is Cc1cc(-c2ccc3c(c2)-c2c(cc(C)c4ccccc24)C3)oc1C. The van der Waals surface area contributed by atoms with Crippen molar-refractivity contribution in [3.8, 4) is 22.5 Å². The second-order valence-corrected chi connectivity index (χ2v) is 7.17. The first-order chi connectivity index (χ1) is 12.1. The first-order valence-corrected chi connectivity index (χ1v) is 8.84. The molecule has 0 bridgehead atoms. The molecular formula is C24H20O. The molecule has 4 aromatic rings. The number of benzene rings is 3. The Balaban J connectivity index is 1.77. The van der Waals surface area contributed by atoms with Crippen LogP contribution in [0, 0.1) is 20.8 Å². The van der Waals surface area contributed by atoms with Gasteiger partial charge in [-0.05, 0) is 83.5 Å². The van der Waals surface area contributed by atoms with Crippen molar-refractivity contribution in [2.75, 3.05) is 0 Å². The zero-order valence-electron chi connectivity index (χ0n) is 14.8. The van der Waals surface area contributed by atoms with Crippen molar-refractivity contribution >= 4 is 10.8 Å². The molecule has 0 atom stereocenters. The molecule has 3 aromatic carbocycles. The minimum atomic E-state index is 0.961. The molecule has 1 heterocycles. The summed E-state index contributed by atoms with van der Waals surface area (Å²) < 4.78 is 5.95. The van der Waals surface area contributed by atoms with Gasteiger partial charge in [-0.15, -0.1) is 0 Å². The van der Waals surface area contributed by atoms with Gasteiger partial charge in [0.1, 0.15) is 11.5 Å². The standard InChI is InChI=1S/C24H20O/c1-14-11-23(25-16(14)3)18-9-8-17-12-19-10-15(2)20-6-4-5-7-21(20)24(19)22(17)13-18/h4-11,13H,12H2,1-3H3. The Hall–Kier alpha value is -2.80. The van der Waals surface area contributed by atoms with Crippen LogP contribution < -0.4 is 0 Å². The van der Waals surface area contributed by atoms with Crippen LogP contribution in [-0.2, 0) is 6.42 Å². The fraction of sp³-hybridized carbons (Fsp3) is 0.167.